The molecule has 1 aromatic heterocycles. The van der Waals surface area contributed by atoms with E-state index in [0.29, 0.717) is 18.4 Å². The maximum atomic E-state index is 6.00. The van der Waals surface area contributed by atoms with E-state index in [9.17, 15) is 0 Å². The normalized spacial score (nSPS) is 12.0. The Balaban J connectivity index is 1.69. The molecule has 0 radical (unpaired) electrons. The summed E-state index contributed by atoms with van der Waals surface area (Å²) in [5, 5.41) is 4.34. The zero-order chi connectivity index (χ0) is 16.2. The average Bonchev–Trinajstić information content (AvgIpc) is 2.96. The number of guanidine groups is 1. The molecule has 23 heavy (non-hydrogen) atoms. The number of H-pyrrole nitrogens is 1. The number of nitrogens with two attached hydrogens (primary N) is 1. The van der Waals surface area contributed by atoms with E-state index in [1.54, 1.807) is 0 Å². The number of benzene rings is 2. The number of nitrogens with one attached hydrogen (secondary N) is 2. The predicted octanol–water partition coefficient (Wildman–Crippen LogP) is 4.22. The number of aromatic nitrogens is 1. The van der Waals surface area contributed by atoms with Crippen LogP contribution in [0.3, 0.4) is 0 Å². The summed E-state index contributed by atoms with van der Waals surface area (Å²) in [6.07, 6.45) is 0. The molecule has 3 rings (SSSR count). The lowest BCUT2D eigenvalue weighted by Gasteiger charge is -2.09. The summed E-state index contributed by atoms with van der Waals surface area (Å²) in [6.45, 7) is 4.87. The number of hydrogen-bond donors (Lipinski definition) is 3. The summed E-state index contributed by atoms with van der Waals surface area (Å²) in [7, 11) is 0. The summed E-state index contributed by atoms with van der Waals surface area (Å²) >= 11 is 0. The molecule has 0 unspecified atom stereocenters. The molecule has 0 aliphatic heterocycles. The van der Waals surface area contributed by atoms with Gasteiger partial charge in [0, 0.05) is 16.9 Å². The summed E-state index contributed by atoms with van der Waals surface area (Å²) in [5.41, 5.74) is 10.4. The Bertz CT molecular complexity index is 797. The topological polar surface area (TPSA) is 66.2 Å². The average molecular weight is 306 g/mol. The number of rotatable bonds is 4. The van der Waals surface area contributed by atoms with E-state index in [0.717, 1.165) is 16.9 Å². The van der Waals surface area contributed by atoms with Crippen LogP contribution in [0.2, 0.25) is 0 Å². The second-order valence-corrected chi connectivity index (χ2v) is 5.99. The summed E-state index contributed by atoms with van der Waals surface area (Å²) in [4.78, 5) is 7.76. The first kappa shape index (κ1) is 15.2. The number of aliphatic imine (C=N–C) groups is 1. The van der Waals surface area contributed by atoms with Gasteiger partial charge in [-0.05, 0) is 41.1 Å². The molecule has 4 nitrogen and oxygen atoms in total. The molecule has 4 heteroatoms. The highest BCUT2D eigenvalue weighted by atomic mass is 15.1. The van der Waals surface area contributed by atoms with Crippen LogP contribution in [0.15, 0.2) is 59.6 Å². The second-order valence-electron chi connectivity index (χ2n) is 5.99. The summed E-state index contributed by atoms with van der Waals surface area (Å²) in [5.74, 6) is 0.908. The third-order valence-electron chi connectivity index (χ3n) is 3.83. The molecule has 0 aliphatic carbocycles. The molecule has 4 N–H and O–H groups in total. The molecule has 0 saturated carbocycles. The van der Waals surface area contributed by atoms with Crippen LogP contribution in [-0.4, -0.2) is 10.9 Å². The third kappa shape index (κ3) is 3.72. The van der Waals surface area contributed by atoms with Crippen LogP contribution in [0.1, 0.15) is 31.0 Å². The van der Waals surface area contributed by atoms with E-state index in [1.165, 1.54) is 10.9 Å². The standard InChI is InChI=1S/C19H22N4/c1-13(2)14-7-5-8-16(10-14)23-19(20)21-12-17-11-15-6-3-4-9-18(15)22-17/h3-11,13,22H,12H2,1-2H3,(H3,20,21,23). The lowest BCUT2D eigenvalue weighted by atomic mass is 10.0. The van der Waals surface area contributed by atoms with Crippen molar-refractivity contribution in [3.8, 4) is 0 Å². The number of para-hydroxylation sites is 1. The minimum atomic E-state index is 0.421. The van der Waals surface area contributed by atoms with E-state index in [4.69, 9.17) is 5.73 Å². The zero-order valence-corrected chi connectivity index (χ0v) is 13.5. The SMILES string of the molecule is CC(C)c1cccc(NC(N)=NCc2cc3ccccc3[nH]2)c1. The quantitative estimate of drug-likeness (QED) is 0.499. The van der Waals surface area contributed by atoms with Gasteiger partial charge in [-0.1, -0.05) is 44.2 Å². The highest BCUT2D eigenvalue weighted by molar-refractivity contribution is 5.92. The maximum absolute atomic E-state index is 6.00. The van der Waals surface area contributed by atoms with Gasteiger partial charge in [0.2, 0.25) is 0 Å². The van der Waals surface area contributed by atoms with Crippen LogP contribution in [-0.2, 0) is 6.54 Å². The van der Waals surface area contributed by atoms with Crippen molar-refractivity contribution in [2.75, 3.05) is 5.32 Å². The maximum Gasteiger partial charge on any atom is 0.193 e. The third-order valence-corrected chi connectivity index (χ3v) is 3.83. The number of fused-ring (bicyclic) bond motifs is 1. The van der Waals surface area contributed by atoms with Crippen molar-refractivity contribution >= 4 is 22.5 Å². The Kier molecular flexibility index (Phi) is 4.33. The van der Waals surface area contributed by atoms with Gasteiger partial charge in [-0.2, -0.15) is 0 Å². The summed E-state index contributed by atoms with van der Waals surface area (Å²) < 4.78 is 0. The largest absolute Gasteiger partial charge is 0.370 e. The second kappa shape index (κ2) is 6.57. The van der Waals surface area contributed by atoms with Gasteiger partial charge in [-0.25, -0.2) is 4.99 Å². The molecule has 0 saturated heterocycles. The Labute approximate surface area is 136 Å². The van der Waals surface area contributed by atoms with Crippen molar-refractivity contribution in [2.24, 2.45) is 10.7 Å². The minimum Gasteiger partial charge on any atom is -0.370 e. The Hall–Kier alpha value is -2.75. The van der Waals surface area contributed by atoms with Crippen LogP contribution in [0.25, 0.3) is 10.9 Å². The summed E-state index contributed by atoms with van der Waals surface area (Å²) in [6, 6.07) is 18.5. The molecule has 1 heterocycles. The number of nitrogens with zero attached hydrogens (tertiary/aromatic N) is 1. The van der Waals surface area contributed by atoms with Crippen molar-refractivity contribution in [3.63, 3.8) is 0 Å². The number of hydrogen-bond acceptors (Lipinski definition) is 1. The van der Waals surface area contributed by atoms with E-state index in [1.807, 2.05) is 24.3 Å². The molecule has 0 spiro atoms. The van der Waals surface area contributed by atoms with Crippen LogP contribution in [0.5, 0.6) is 0 Å². The molecule has 3 aromatic rings. The van der Waals surface area contributed by atoms with E-state index in [2.05, 4.69) is 59.5 Å². The molecule has 0 bridgehead atoms. The fraction of sp³-hybridized carbons (Fsp3) is 0.211. The fourth-order valence-corrected chi connectivity index (χ4v) is 2.55. The first-order valence-corrected chi connectivity index (χ1v) is 7.85. The molecule has 0 aliphatic rings. The van der Waals surface area contributed by atoms with Gasteiger partial charge >= 0.3 is 0 Å². The van der Waals surface area contributed by atoms with Crippen LogP contribution < -0.4 is 11.1 Å². The van der Waals surface area contributed by atoms with Gasteiger partial charge in [-0.15, -0.1) is 0 Å². The zero-order valence-electron chi connectivity index (χ0n) is 13.5. The van der Waals surface area contributed by atoms with Gasteiger partial charge in [0.25, 0.3) is 0 Å². The first-order chi connectivity index (χ1) is 11.1. The molecule has 0 atom stereocenters. The Morgan fingerprint density at radius 2 is 1.96 bits per heavy atom. The number of anilines is 1. The molecule has 118 valence electrons. The van der Waals surface area contributed by atoms with Crippen molar-refractivity contribution < 1.29 is 0 Å². The molecular formula is C19H22N4. The highest BCUT2D eigenvalue weighted by Crippen LogP contribution is 2.18. The minimum absolute atomic E-state index is 0.421. The monoisotopic (exact) mass is 306 g/mol. The van der Waals surface area contributed by atoms with Crippen LogP contribution in [0.4, 0.5) is 5.69 Å². The lowest BCUT2D eigenvalue weighted by molar-refractivity contribution is 0.867. The van der Waals surface area contributed by atoms with E-state index < -0.39 is 0 Å². The predicted molar refractivity (Wildman–Crippen MR) is 97.8 cm³/mol. The van der Waals surface area contributed by atoms with Crippen molar-refractivity contribution in [1.82, 2.24) is 4.98 Å². The molecular weight excluding hydrogens is 284 g/mol. The van der Waals surface area contributed by atoms with Crippen molar-refractivity contribution in [1.29, 1.82) is 0 Å². The van der Waals surface area contributed by atoms with Gasteiger partial charge < -0.3 is 16.0 Å². The first-order valence-electron chi connectivity index (χ1n) is 7.85. The molecule has 2 aromatic carbocycles. The lowest BCUT2D eigenvalue weighted by Crippen LogP contribution is -2.22. The molecule has 0 fully saturated rings. The smallest absolute Gasteiger partial charge is 0.193 e. The Morgan fingerprint density at radius 3 is 2.74 bits per heavy atom. The Morgan fingerprint density at radius 1 is 1.13 bits per heavy atom. The molecule has 0 amide bonds. The number of aromatic amines is 1. The van der Waals surface area contributed by atoms with Crippen molar-refractivity contribution in [2.45, 2.75) is 26.3 Å². The van der Waals surface area contributed by atoms with Gasteiger partial charge in [0.1, 0.15) is 0 Å². The van der Waals surface area contributed by atoms with Crippen LogP contribution >= 0.6 is 0 Å². The van der Waals surface area contributed by atoms with E-state index in [-0.39, 0.29) is 0 Å². The fourth-order valence-electron chi connectivity index (χ4n) is 2.55. The van der Waals surface area contributed by atoms with E-state index >= 15 is 0 Å². The van der Waals surface area contributed by atoms with Gasteiger partial charge in [0.15, 0.2) is 5.96 Å². The van der Waals surface area contributed by atoms with Gasteiger partial charge in [0.05, 0.1) is 6.54 Å². The van der Waals surface area contributed by atoms with Crippen LogP contribution in [0, 0.1) is 0 Å². The van der Waals surface area contributed by atoms with Crippen molar-refractivity contribution in [3.05, 3.63) is 65.9 Å². The highest BCUT2D eigenvalue weighted by Gasteiger charge is 2.02. The van der Waals surface area contributed by atoms with Gasteiger partial charge in [-0.3, -0.25) is 0 Å².